The van der Waals surface area contributed by atoms with Crippen LogP contribution in [-0.2, 0) is 0 Å². The fourth-order valence-corrected chi connectivity index (χ4v) is 3.42. The number of hydrogen-bond acceptors (Lipinski definition) is 5. The average molecular weight is 400 g/mol. The maximum atomic E-state index is 14.3. The van der Waals surface area contributed by atoms with Gasteiger partial charge in [-0.1, -0.05) is 23.7 Å². The van der Waals surface area contributed by atoms with Crippen LogP contribution in [0.4, 0.5) is 10.1 Å². The van der Waals surface area contributed by atoms with E-state index < -0.39 is 11.7 Å². The van der Waals surface area contributed by atoms with Crippen LogP contribution in [0.3, 0.4) is 0 Å². The van der Waals surface area contributed by atoms with Crippen molar-refractivity contribution in [3.8, 4) is 16.3 Å². The minimum absolute atomic E-state index is 0.238. The minimum atomic E-state index is -0.531. The molecule has 0 fully saturated rings. The fraction of sp³-hybridized carbons (Fsp3) is 0. The van der Waals surface area contributed by atoms with Crippen LogP contribution in [0.5, 0.6) is 0 Å². The van der Waals surface area contributed by atoms with Crippen molar-refractivity contribution in [2.75, 3.05) is 5.32 Å². The molecule has 0 atom stereocenters. The Kier molecular flexibility index (Phi) is 4.66. The monoisotopic (exact) mass is 399 g/mol. The maximum absolute atomic E-state index is 14.3. The lowest BCUT2D eigenvalue weighted by Crippen LogP contribution is -2.12. The molecule has 0 spiro atoms. The SMILES string of the molecule is O=C(Nc1ccc(-n2cncn2)c(F)c1)c1csc(-c2cccc(Cl)c2)n1. The van der Waals surface area contributed by atoms with Crippen LogP contribution in [0.1, 0.15) is 10.5 Å². The van der Waals surface area contributed by atoms with Crippen molar-refractivity contribution in [2.45, 2.75) is 0 Å². The first-order valence-corrected chi connectivity index (χ1v) is 9.03. The van der Waals surface area contributed by atoms with Gasteiger partial charge in [0.2, 0.25) is 0 Å². The summed E-state index contributed by atoms with van der Waals surface area (Å²) in [6.07, 6.45) is 2.71. The largest absolute Gasteiger partial charge is 0.321 e. The lowest BCUT2D eigenvalue weighted by molar-refractivity contribution is 0.102. The first-order chi connectivity index (χ1) is 13.1. The van der Waals surface area contributed by atoms with E-state index in [1.807, 2.05) is 12.1 Å². The van der Waals surface area contributed by atoms with Crippen molar-refractivity contribution in [1.82, 2.24) is 19.7 Å². The Labute approximate surface area is 162 Å². The molecule has 2 aromatic carbocycles. The summed E-state index contributed by atoms with van der Waals surface area (Å²) in [7, 11) is 0. The molecule has 6 nitrogen and oxygen atoms in total. The second-order valence-corrected chi connectivity index (χ2v) is 6.80. The van der Waals surface area contributed by atoms with Crippen LogP contribution in [0.25, 0.3) is 16.3 Å². The fourth-order valence-electron chi connectivity index (χ4n) is 2.43. The summed E-state index contributed by atoms with van der Waals surface area (Å²) in [6, 6.07) is 11.5. The number of thiazole rings is 1. The van der Waals surface area contributed by atoms with Crippen molar-refractivity contribution >= 4 is 34.5 Å². The van der Waals surface area contributed by atoms with E-state index in [4.69, 9.17) is 11.6 Å². The molecule has 134 valence electrons. The molecule has 2 aromatic heterocycles. The molecular formula is C18H11ClFN5OS. The van der Waals surface area contributed by atoms with Gasteiger partial charge in [-0.2, -0.15) is 5.10 Å². The number of carbonyl (C=O) groups excluding carboxylic acids is 1. The highest BCUT2D eigenvalue weighted by atomic mass is 35.5. The molecule has 4 aromatic rings. The van der Waals surface area contributed by atoms with Crippen LogP contribution in [0, 0.1) is 5.82 Å². The second kappa shape index (κ2) is 7.26. The molecule has 2 heterocycles. The van der Waals surface area contributed by atoms with Crippen LogP contribution in [-0.4, -0.2) is 25.7 Å². The predicted molar refractivity (Wildman–Crippen MR) is 102 cm³/mol. The summed E-state index contributed by atoms with van der Waals surface area (Å²) in [5.74, 6) is -0.955. The van der Waals surface area contributed by atoms with Gasteiger partial charge < -0.3 is 5.32 Å². The lowest BCUT2D eigenvalue weighted by Gasteiger charge is -2.07. The van der Waals surface area contributed by atoms with Crippen LogP contribution >= 0.6 is 22.9 Å². The van der Waals surface area contributed by atoms with Gasteiger partial charge in [-0.05, 0) is 30.3 Å². The first kappa shape index (κ1) is 17.3. The molecule has 0 aliphatic carbocycles. The zero-order valence-corrected chi connectivity index (χ0v) is 15.2. The third-order valence-electron chi connectivity index (χ3n) is 3.68. The number of amides is 1. The number of aromatic nitrogens is 4. The highest BCUT2D eigenvalue weighted by Gasteiger charge is 2.14. The van der Waals surface area contributed by atoms with Gasteiger partial charge in [0.1, 0.15) is 29.0 Å². The van der Waals surface area contributed by atoms with Crippen molar-refractivity contribution in [1.29, 1.82) is 0 Å². The summed E-state index contributed by atoms with van der Waals surface area (Å²) in [4.78, 5) is 20.5. The number of anilines is 1. The highest BCUT2D eigenvalue weighted by molar-refractivity contribution is 7.13. The third kappa shape index (κ3) is 3.71. The molecule has 0 bridgehead atoms. The van der Waals surface area contributed by atoms with Crippen molar-refractivity contribution in [3.63, 3.8) is 0 Å². The number of nitrogens with one attached hydrogen (secondary N) is 1. The van der Waals surface area contributed by atoms with Gasteiger partial charge in [-0.15, -0.1) is 11.3 Å². The Morgan fingerprint density at radius 3 is 2.85 bits per heavy atom. The summed E-state index contributed by atoms with van der Waals surface area (Å²) in [5.41, 5.74) is 1.63. The average Bonchev–Trinajstić information content (AvgIpc) is 3.34. The quantitative estimate of drug-likeness (QED) is 0.550. The summed E-state index contributed by atoms with van der Waals surface area (Å²) < 4.78 is 15.6. The molecule has 0 unspecified atom stereocenters. The lowest BCUT2D eigenvalue weighted by atomic mass is 10.2. The van der Waals surface area contributed by atoms with Crippen LogP contribution in [0.2, 0.25) is 5.02 Å². The number of rotatable bonds is 4. The van der Waals surface area contributed by atoms with E-state index in [2.05, 4.69) is 20.4 Å². The van der Waals surface area contributed by atoms with Crippen molar-refractivity contribution in [2.24, 2.45) is 0 Å². The Morgan fingerprint density at radius 2 is 2.11 bits per heavy atom. The molecule has 0 saturated heterocycles. The zero-order chi connectivity index (χ0) is 18.8. The molecule has 0 radical (unpaired) electrons. The van der Waals surface area contributed by atoms with Crippen molar-refractivity contribution in [3.05, 3.63) is 77.0 Å². The predicted octanol–water partition coefficient (Wildman–Crippen LogP) is 4.44. The Morgan fingerprint density at radius 1 is 1.22 bits per heavy atom. The summed E-state index contributed by atoms with van der Waals surface area (Å²) in [6.45, 7) is 0. The van der Waals surface area contributed by atoms with Gasteiger partial charge in [-0.25, -0.2) is 19.0 Å². The Balaban J connectivity index is 1.52. The van der Waals surface area contributed by atoms with Gasteiger partial charge in [0.15, 0.2) is 5.82 Å². The van der Waals surface area contributed by atoms with Gasteiger partial charge in [0, 0.05) is 21.7 Å². The molecule has 9 heteroatoms. The van der Waals surface area contributed by atoms with Crippen LogP contribution in [0.15, 0.2) is 60.5 Å². The molecule has 0 aliphatic heterocycles. The first-order valence-electron chi connectivity index (χ1n) is 7.77. The Bertz CT molecular complexity index is 1110. The van der Waals surface area contributed by atoms with Crippen molar-refractivity contribution < 1.29 is 9.18 Å². The van der Waals surface area contributed by atoms with Gasteiger partial charge >= 0.3 is 0 Å². The number of nitrogens with zero attached hydrogens (tertiary/aromatic N) is 4. The standard InChI is InChI=1S/C18H11ClFN5OS/c19-12-3-1-2-11(6-12)18-24-15(8-27-18)17(26)23-13-4-5-16(14(20)7-13)25-10-21-9-22-25/h1-10H,(H,23,26). The number of benzene rings is 2. The van der Waals surface area contributed by atoms with Gasteiger partial charge in [0.25, 0.3) is 5.91 Å². The molecule has 1 N–H and O–H groups in total. The zero-order valence-electron chi connectivity index (χ0n) is 13.6. The second-order valence-electron chi connectivity index (χ2n) is 5.51. The van der Waals surface area contributed by atoms with E-state index in [1.165, 1.54) is 40.8 Å². The Hall–Kier alpha value is -3.10. The van der Waals surface area contributed by atoms with E-state index in [9.17, 15) is 9.18 Å². The number of carbonyl (C=O) groups is 1. The van der Waals surface area contributed by atoms with Crippen LogP contribution < -0.4 is 5.32 Å². The van der Waals surface area contributed by atoms with E-state index in [0.717, 1.165) is 5.56 Å². The topological polar surface area (TPSA) is 72.7 Å². The number of halogens is 2. The number of hydrogen-bond donors (Lipinski definition) is 1. The van der Waals surface area contributed by atoms with E-state index >= 15 is 0 Å². The molecule has 4 rings (SSSR count). The normalized spacial score (nSPS) is 10.7. The minimum Gasteiger partial charge on any atom is -0.321 e. The maximum Gasteiger partial charge on any atom is 0.275 e. The van der Waals surface area contributed by atoms with Gasteiger partial charge in [-0.3, -0.25) is 4.79 Å². The third-order valence-corrected chi connectivity index (χ3v) is 4.81. The van der Waals surface area contributed by atoms with E-state index in [-0.39, 0.29) is 11.4 Å². The molecular weight excluding hydrogens is 389 g/mol. The molecule has 0 aliphatic rings. The highest BCUT2D eigenvalue weighted by Crippen LogP contribution is 2.26. The smallest absolute Gasteiger partial charge is 0.275 e. The molecule has 1 amide bonds. The summed E-state index contributed by atoms with van der Waals surface area (Å²) >= 11 is 7.32. The van der Waals surface area contributed by atoms with E-state index in [0.29, 0.717) is 15.7 Å². The molecule has 0 saturated carbocycles. The molecule has 27 heavy (non-hydrogen) atoms. The van der Waals surface area contributed by atoms with E-state index in [1.54, 1.807) is 23.6 Å². The van der Waals surface area contributed by atoms with Gasteiger partial charge in [0.05, 0.1) is 0 Å². The summed E-state index contributed by atoms with van der Waals surface area (Å²) in [5, 5.41) is 9.44.